The van der Waals surface area contributed by atoms with Crippen LogP contribution in [0.5, 0.6) is 11.5 Å². The fraction of sp³-hybridized carbons (Fsp3) is 0.375. The lowest BCUT2D eigenvalue weighted by Gasteiger charge is -2.21. The lowest BCUT2D eigenvalue weighted by atomic mass is 10.1. The van der Waals surface area contributed by atoms with Gasteiger partial charge in [-0.3, -0.25) is 9.48 Å². The Morgan fingerprint density at radius 2 is 2.00 bits per heavy atom. The molecule has 0 bridgehead atoms. The molecule has 0 fully saturated rings. The molecular weight excluding hydrogens is 282 g/mol. The fourth-order valence-corrected chi connectivity index (χ4v) is 2.48. The van der Waals surface area contributed by atoms with E-state index in [1.165, 1.54) is 0 Å². The van der Waals surface area contributed by atoms with Gasteiger partial charge in [0.05, 0.1) is 17.3 Å². The number of hydrogen-bond donors (Lipinski definition) is 1. The molecule has 2 heterocycles. The Morgan fingerprint density at radius 1 is 1.27 bits per heavy atom. The first-order valence-electron chi connectivity index (χ1n) is 7.12. The molecule has 3 rings (SSSR count). The number of aromatic nitrogens is 2. The van der Waals surface area contributed by atoms with Crippen LogP contribution in [-0.4, -0.2) is 22.5 Å². The van der Waals surface area contributed by atoms with Crippen LogP contribution < -0.4 is 14.8 Å². The molecule has 2 aromatic rings. The van der Waals surface area contributed by atoms with E-state index >= 15 is 0 Å². The Hall–Kier alpha value is -2.50. The molecule has 1 amide bonds. The van der Waals surface area contributed by atoms with Crippen molar-refractivity contribution < 1.29 is 14.3 Å². The third kappa shape index (κ3) is 2.52. The first-order chi connectivity index (χ1) is 10.4. The quantitative estimate of drug-likeness (QED) is 0.926. The van der Waals surface area contributed by atoms with E-state index in [0.717, 1.165) is 5.69 Å². The average molecular weight is 301 g/mol. The number of carbonyl (C=O) groups is 1. The first kappa shape index (κ1) is 14.4. The second-order valence-corrected chi connectivity index (χ2v) is 6.25. The van der Waals surface area contributed by atoms with Crippen LogP contribution in [0.4, 0.5) is 5.69 Å². The molecule has 6 nitrogen and oxygen atoms in total. The molecule has 116 valence electrons. The Labute approximate surface area is 129 Å². The first-order valence-corrected chi connectivity index (χ1v) is 7.12. The summed E-state index contributed by atoms with van der Waals surface area (Å²) in [5.41, 5.74) is 1.90. The zero-order valence-corrected chi connectivity index (χ0v) is 13.1. The van der Waals surface area contributed by atoms with Crippen molar-refractivity contribution in [2.75, 3.05) is 12.1 Å². The third-order valence-electron chi connectivity index (χ3n) is 3.52. The highest BCUT2D eigenvalue weighted by Crippen LogP contribution is 2.34. The standard InChI is InChI=1S/C16H19N3O3/c1-10-12(8-17-19(10)16(2,3)4)15(20)18-11-5-6-13-14(7-11)22-9-21-13/h5-8H,9H2,1-4H3,(H,18,20). The van der Waals surface area contributed by atoms with Gasteiger partial charge in [-0.2, -0.15) is 5.10 Å². The van der Waals surface area contributed by atoms with Gasteiger partial charge in [0, 0.05) is 17.4 Å². The number of benzene rings is 1. The van der Waals surface area contributed by atoms with Crippen molar-refractivity contribution in [2.24, 2.45) is 0 Å². The number of ether oxygens (including phenoxy) is 2. The monoisotopic (exact) mass is 301 g/mol. The molecule has 0 aliphatic carbocycles. The number of anilines is 1. The molecule has 0 atom stereocenters. The molecular formula is C16H19N3O3. The minimum Gasteiger partial charge on any atom is -0.454 e. The molecule has 1 aliphatic rings. The molecule has 0 unspecified atom stereocenters. The van der Waals surface area contributed by atoms with E-state index in [-0.39, 0.29) is 18.2 Å². The average Bonchev–Trinajstić information content (AvgIpc) is 3.03. The normalized spacial score (nSPS) is 13.3. The molecule has 0 saturated heterocycles. The highest BCUT2D eigenvalue weighted by Gasteiger charge is 2.22. The molecule has 0 spiro atoms. The Morgan fingerprint density at radius 3 is 2.68 bits per heavy atom. The van der Waals surface area contributed by atoms with E-state index in [1.807, 2.05) is 32.4 Å². The minimum atomic E-state index is -0.188. The predicted molar refractivity (Wildman–Crippen MR) is 82.5 cm³/mol. The number of nitrogens with zero attached hydrogens (tertiary/aromatic N) is 2. The molecule has 1 aromatic heterocycles. The van der Waals surface area contributed by atoms with Crippen molar-refractivity contribution in [2.45, 2.75) is 33.2 Å². The van der Waals surface area contributed by atoms with Crippen LogP contribution in [0.15, 0.2) is 24.4 Å². The smallest absolute Gasteiger partial charge is 0.259 e. The van der Waals surface area contributed by atoms with E-state index < -0.39 is 0 Å². The van der Waals surface area contributed by atoms with Crippen LogP contribution >= 0.6 is 0 Å². The van der Waals surface area contributed by atoms with Gasteiger partial charge in [-0.25, -0.2) is 0 Å². The van der Waals surface area contributed by atoms with Crippen molar-refractivity contribution in [1.82, 2.24) is 9.78 Å². The lowest BCUT2D eigenvalue weighted by molar-refractivity contribution is 0.102. The fourth-order valence-electron chi connectivity index (χ4n) is 2.48. The summed E-state index contributed by atoms with van der Waals surface area (Å²) in [6, 6.07) is 5.32. The molecule has 1 aliphatic heterocycles. The van der Waals surface area contributed by atoms with Crippen molar-refractivity contribution in [1.29, 1.82) is 0 Å². The zero-order chi connectivity index (χ0) is 15.9. The number of nitrogens with one attached hydrogen (secondary N) is 1. The molecule has 0 radical (unpaired) electrons. The van der Waals surface area contributed by atoms with Gasteiger partial charge in [0.25, 0.3) is 5.91 Å². The van der Waals surface area contributed by atoms with E-state index in [4.69, 9.17) is 9.47 Å². The molecule has 22 heavy (non-hydrogen) atoms. The number of rotatable bonds is 2. The summed E-state index contributed by atoms with van der Waals surface area (Å²) in [6.45, 7) is 8.25. The van der Waals surface area contributed by atoms with Gasteiger partial charge in [0.15, 0.2) is 11.5 Å². The van der Waals surface area contributed by atoms with E-state index in [1.54, 1.807) is 24.4 Å². The van der Waals surface area contributed by atoms with Crippen molar-refractivity contribution in [3.63, 3.8) is 0 Å². The molecule has 6 heteroatoms. The Kier molecular flexibility index (Phi) is 3.31. The van der Waals surface area contributed by atoms with Gasteiger partial charge in [0.1, 0.15) is 0 Å². The molecule has 0 saturated carbocycles. The van der Waals surface area contributed by atoms with Gasteiger partial charge in [0.2, 0.25) is 6.79 Å². The van der Waals surface area contributed by atoms with Gasteiger partial charge in [-0.1, -0.05) is 0 Å². The number of amides is 1. The van der Waals surface area contributed by atoms with Crippen molar-refractivity contribution in [3.05, 3.63) is 35.7 Å². The van der Waals surface area contributed by atoms with Crippen LogP contribution in [0.3, 0.4) is 0 Å². The molecule has 1 aromatic carbocycles. The summed E-state index contributed by atoms with van der Waals surface area (Å²) in [6.07, 6.45) is 1.60. The van der Waals surface area contributed by atoms with E-state index in [9.17, 15) is 4.79 Å². The SMILES string of the molecule is Cc1c(C(=O)Nc2ccc3c(c2)OCO3)cnn1C(C)(C)C. The summed E-state index contributed by atoms with van der Waals surface area (Å²) < 4.78 is 12.4. The Balaban J connectivity index is 1.82. The van der Waals surface area contributed by atoms with Crippen molar-refractivity contribution >= 4 is 11.6 Å². The van der Waals surface area contributed by atoms with Gasteiger partial charge >= 0.3 is 0 Å². The van der Waals surface area contributed by atoms with Gasteiger partial charge < -0.3 is 14.8 Å². The highest BCUT2D eigenvalue weighted by atomic mass is 16.7. The van der Waals surface area contributed by atoms with Crippen LogP contribution in [0, 0.1) is 6.92 Å². The highest BCUT2D eigenvalue weighted by molar-refractivity contribution is 6.05. The minimum absolute atomic E-state index is 0.165. The summed E-state index contributed by atoms with van der Waals surface area (Å²) in [5, 5.41) is 7.18. The Bertz CT molecular complexity index is 729. The van der Waals surface area contributed by atoms with E-state index in [0.29, 0.717) is 22.7 Å². The maximum absolute atomic E-state index is 12.4. The summed E-state index contributed by atoms with van der Waals surface area (Å²) in [5.74, 6) is 1.14. The number of carbonyl (C=O) groups excluding carboxylic acids is 1. The van der Waals surface area contributed by atoms with Crippen LogP contribution in [0.1, 0.15) is 36.8 Å². The maximum Gasteiger partial charge on any atom is 0.259 e. The summed E-state index contributed by atoms with van der Waals surface area (Å²) >= 11 is 0. The summed E-state index contributed by atoms with van der Waals surface area (Å²) in [4.78, 5) is 12.4. The van der Waals surface area contributed by atoms with Crippen LogP contribution in [-0.2, 0) is 5.54 Å². The lowest BCUT2D eigenvalue weighted by Crippen LogP contribution is -2.25. The zero-order valence-electron chi connectivity index (χ0n) is 13.1. The largest absolute Gasteiger partial charge is 0.454 e. The maximum atomic E-state index is 12.4. The second-order valence-electron chi connectivity index (χ2n) is 6.25. The predicted octanol–water partition coefficient (Wildman–Crippen LogP) is 2.93. The summed E-state index contributed by atoms with van der Waals surface area (Å²) in [7, 11) is 0. The van der Waals surface area contributed by atoms with Crippen LogP contribution in [0.2, 0.25) is 0 Å². The van der Waals surface area contributed by atoms with Gasteiger partial charge in [-0.05, 0) is 39.8 Å². The second kappa shape index (κ2) is 5.05. The van der Waals surface area contributed by atoms with E-state index in [2.05, 4.69) is 10.4 Å². The third-order valence-corrected chi connectivity index (χ3v) is 3.52. The van der Waals surface area contributed by atoms with Crippen molar-refractivity contribution in [3.8, 4) is 11.5 Å². The van der Waals surface area contributed by atoms with Gasteiger partial charge in [-0.15, -0.1) is 0 Å². The number of hydrogen-bond acceptors (Lipinski definition) is 4. The topological polar surface area (TPSA) is 65.4 Å². The van der Waals surface area contributed by atoms with Crippen LogP contribution in [0.25, 0.3) is 0 Å². The molecule has 1 N–H and O–H groups in total. The number of fused-ring (bicyclic) bond motifs is 1.